The first-order valence-electron chi connectivity index (χ1n) is 4.64. The van der Waals surface area contributed by atoms with Crippen LogP contribution in [0.4, 0.5) is 5.69 Å². The molecular weight excluding hydrogens is 248 g/mol. The van der Waals surface area contributed by atoms with Crippen molar-refractivity contribution in [3.05, 3.63) is 38.9 Å². The fourth-order valence-corrected chi connectivity index (χ4v) is 1.50. The van der Waals surface area contributed by atoms with Gasteiger partial charge in [-0.3, -0.25) is 10.1 Å². The zero-order valence-corrected chi connectivity index (χ0v) is 9.33. The highest BCUT2D eigenvalue weighted by Gasteiger charge is 2.26. The molecule has 0 heterocycles. The van der Waals surface area contributed by atoms with Gasteiger partial charge < -0.3 is 10.2 Å². The highest BCUT2D eigenvalue weighted by atomic mass is 35.5. The van der Waals surface area contributed by atoms with Crippen molar-refractivity contribution in [2.24, 2.45) is 0 Å². The van der Waals surface area contributed by atoms with Gasteiger partial charge in [-0.15, -0.1) is 0 Å². The van der Waals surface area contributed by atoms with E-state index >= 15 is 0 Å². The van der Waals surface area contributed by atoms with Crippen LogP contribution < -0.4 is 0 Å². The molecule has 0 saturated carbocycles. The van der Waals surface area contributed by atoms with Crippen LogP contribution in [-0.2, 0) is 0 Å². The molecule has 0 bridgehead atoms. The molecule has 1 rings (SSSR count). The van der Waals surface area contributed by atoms with E-state index in [0.717, 1.165) is 6.07 Å². The van der Waals surface area contributed by atoms with Crippen molar-refractivity contribution >= 4 is 17.3 Å². The molecule has 2 N–H and O–H groups in total. The van der Waals surface area contributed by atoms with Crippen molar-refractivity contribution in [3.63, 3.8) is 0 Å². The van der Waals surface area contributed by atoms with Gasteiger partial charge in [-0.25, -0.2) is 0 Å². The van der Waals surface area contributed by atoms with Gasteiger partial charge in [0.05, 0.1) is 29.1 Å². The maximum Gasteiger partial charge on any atom is 0.276 e. The van der Waals surface area contributed by atoms with E-state index in [0.29, 0.717) is 0 Å². The van der Waals surface area contributed by atoms with E-state index in [-0.39, 0.29) is 22.7 Å². The highest BCUT2D eigenvalue weighted by molar-refractivity contribution is 6.30. The first kappa shape index (κ1) is 13.4. The van der Waals surface area contributed by atoms with E-state index in [2.05, 4.69) is 0 Å². The number of hydrogen-bond donors (Lipinski definition) is 2. The van der Waals surface area contributed by atoms with E-state index in [1.54, 1.807) is 6.07 Å². The van der Waals surface area contributed by atoms with Crippen LogP contribution in [0.2, 0.25) is 5.02 Å². The lowest BCUT2D eigenvalue weighted by atomic mass is 10.0. The van der Waals surface area contributed by atoms with Crippen LogP contribution in [0.5, 0.6) is 0 Å². The number of nitriles is 1. The maximum absolute atomic E-state index is 10.7. The van der Waals surface area contributed by atoms with Gasteiger partial charge >= 0.3 is 0 Å². The maximum atomic E-state index is 10.7. The van der Waals surface area contributed by atoms with Crippen molar-refractivity contribution in [1.29, 1.82) is 5.26 Å². The Bertz CT molecular complexity index is 472. The van der Waals surface area contributed by atoms with Gasteiger partial charge in [-0.2, -0.15) is 5.26 Å². The first-order valence-corrected chi connectivity index (χ1v) is 5.02. The Labute approximate surface area is 102 Å². The molecule has 17 heavy (non-hydrogen) atoms. The molecule has 2 unspecified atom stereocenters. The first-order chi connectivity index (χ1) is 7.97. The fourth-order valence-electron chi connectivity index (χ4n) is 1.34. The molecule has 0 amide bonds. The monoisotopic (exact) mass is 256 g/mol. The second-order valence-electron chi connectivity index (χ2n) is 3.33. The fraction of sp³-hybridized carbons (Fsp3) is 0.300. The standard InChI is InChI=1S/C10H9ClN2O4/c11-6-1-2-7(8(5-6)13(16)17)10(15)9(14)3-4-12/h1-2,5,9-10,14-15H,3H2. The molecule has 1 aromatic rings. The largest absolute Gasteiger partial charge is 0.389 e. The number of hydrogen-bond acceptors (Lipinski definition) is 5. The molecule has 2 atom stereocenters. The third-order valence-corrected chi connectivity index (χ3v) is 2.41. The van der Waals surface area contributed by atoms with Gasteiger partial charge in [-0.1, -0.05) is 11.6 Å². The number of nitro benzene ring substituents is 1. The van der Waals surface area contributed by atoms with Crippen LogP contribution in [0.1, 0.15) is 18.1 Å². The van der Waals surface area contributed by atoms with Crippen molar-refractivity contribution in [1.82, 2.24) is 0 Å². The molecule has 6 nitrogen and oxygen atoms in total. The van der Waals surface area contributed by atoms with E-state index < -0.39 is 17.1 Å². The van der Waals surface area contributed by atoms with Crippen molar-refractivity contribution in [2.75, 3.05) is 0 Å². The molecule has 0 saturated heterocycles. The zero-order valence-electron chi connectivity index (χ0n) is 8.58. The van der Waals surface area contributed by atoms with E-state index in [4.69, 9.17) is 16.9 Å². The Kier molecular flexibility index (Phi) is 4.40. The second kappa shape index (κ2) is 5.59. The Hall–Kier alpha value is -1.68. The van der Waals surface area contributed by atoms with Crippen molar-refractivity contribution < 1.29 is 15.1 Å². The molecule has 0 aliphatic heterocycles. The van der Waals surface area contributed by atoms with E-state index in [1.165, 1.54) is 12.1 Å². The minimum absolute atomic E-state index is 0.0675. The molecule has 0 radical (unpaired) electrons. The summed E-state index contributed by atoms with van der Waals surface area (Å²) in [6.07, 6.45) is -3.19. The van der Waals surface area contributed by atoms with Gasteiger partial charge in [0.25, 0.3) is 5.69 Å². The number of aliphatic hydroxyl groups excluding tert-OH is 2. The number of rotatable bonds is 4. The summed E-state index contributed by atoms with van der Waals surface area (Å²) >= 11 is 5.61. The van der Waals surface area contributed by atoms with Gasteiger partial charge in [0.1, 0.15) is 6.10 Å². The van der Waals surface area contributed by atoms with Crippen molar-refractivity contribution in [3.8, 4) is 6.07 Å². The van der Waals surface area contributed by atoms with E-state index in [9.17, 15) is 20.3 Å². The van der Waals surface area contributed by atoms with Gasteiger partial charge in [0, 0.05) is 11.1 Å². The number of halogens is 1. The lowest BCUT2D eigenvalue weighted by Gasteiger charge is -2.15. The minimum atomic E-state index is -1.49. The molecule has 0 fully saturated rings. The van der Waals surface area contributed by atoms with Crippen LogP contribution in [0.25, 0.3) is 0 Å². The van der Waals surface area contributed by atoms with Crippen LogP contribution >= 0.6 is 11.6 Å². The summed E-state index contributed by atoms with van der Waals surface area (Å²) in [4.78, 5) is 10.0. The Morgan fingerprint density at radius 2 is 2.18 bits per heavy atom. The normalized spacial score (nSPS) is 13.8. The summed E-state index contributed by atoms with van der Waals surface area (Å²) in [7, 11) is 0. The van der Waals surface area contributed by atoms with Crippen LogP contribution in [0.3, 0.4) is 0 Å². The number of nitrogens with zero attached hydrogens (tertiary/aromatic N) is 2. The molecule has 0 spiro atoms. The quantitative estimate of drug-likeness (QED) is 0.628. The van der Waals surface area contributed by atoms with Gasteiger partial charge in [0.15, 0.2) is 0 Å². The Morgan fingerprint density at radius 3 is 2.71 bits per heavy atom. The lowest BCUT2D eigenvalue weighted by molar-refractivity contribution is -0.386. The van der Waals surface area contributed by atoms with Crippen LogP contribution in [0.15, 0.2) is 18.2 Å². The van der Waals surface area contributed by atoms with Crippen LogP contribution in [0, 0.1) is 21.4 Å². The molecule has 0 aromatic heterocycles. The average molecular weight is 257 g/mol. The predicted molar refractivity (Wildman–Crippen MR) is 59.3 cm³/mol. The Balaban J connectivity index is 3.13. The number of aliphatic hydroxyl groups is 2. The molecular formula is C10H9ClN2O4. The summed E-state index contributed by atoms with van der Waals surface area (Å²) in [6, 6.07) is 5.38. The SMILES string of the molecule is N#CCC(O)C(O)c1ccc(Cl)cc1[N+](=O)[O-]. The van der Waals surface area contributed by atoms with Crippen molar-refractivity contribution in [2.45, 2.75) is 18.6 Å². The topological polar surface area (TPSA) is 107 Å². The highest BCUT2D eigenvalue weighted by Crippen LogP contribution is 2.30. The minimum Gasteiger partial charge on any atom is -0.389 e. The lowest BCUT2D eigenvalue weighted by Crippen LogP contribution is -2.18. The number of nitro groups is 1. The Morgan fingerprint density at radius 1 is 1.53 bits per heavy atom. The number of benzene rings is 1. The third-order valence-electron chi connectivity index (χ3n) is 2.17. The summed E-state index contributed by atoms with van der Waals surface area (Å²) in [5.74, 6) is 0. The zero-order chi connectivity index (χ0) is 13.0. The summed E-state index contributed by atoms with van der Waals surface area (Å²) in [5, 5.41) is 38.4. The molecule has 1 aromatic carbocycles. The summed E-state index contributed by atoms with van der Waals surface area (Å²) in [5.41, 5.74) is -0.455. The molecule has 7 heteroatoms. The smallest absolute Gasteiger partial charge is 0.276 e. The van der Waals surface area contributed by atoms with Crippen LogP contribution in [-0.4, -0.2) is 21.2 Å². The second-order valence-corrected chi connectivity index (χ2v) is 3.77. The molecule has 0 aliphatic rings. The van der Waals surface area contributed by atoms with Gasteiger partial charge in [-0.05, 0) is 12.1 Å². The summed E-state index contributed by atoms with van der Waals surface area (Å²) in [6.45, 7) is 0. The van der Waals surface area contributed by atoms with Gasteiger partial charge in [0.2, 0.25) is 0 Å². The average Bonchev–Trinajstić information content (AvgIpc) is 2.28. The van der Waals surface area contributed by atoms with E-state index in [1.807, 2.05) is 0 Å². The molecule has 90 valence electrons. The third kappa shape index (κ3) is 3.14. The summed E-state index contributed by atoms with van der Waals surface area (Å²) < 4.78 is 0. The molecule has 0 aliphatic carbocycles. The predicted octanol–water partition coefficient (Wildman–Crippen LogP) is 1.56.